The van der Waals surface area contributed by atoms with E-state index in [4.69, 9.17) is 0 Å². The van der Waals surface area contributed by atoms with Crippen LogP contribution in [0.1, 0.15) is 26.2 Å². The third kappa shape index (κ3) is 1.61. The zero-order chi connectivity index (χ0) is 11.2. The van der Waals surface area contributed by atoms with Crippen molar-refractivity contribution in [3.8, 4) is 0 Å². The lowest BCUT2D eigenvalue weighted by Crippen LogP contribution is -2.36. The second-order valence-corrected chi connectivity index (χ2v) is 6.20. The Labute approximate surface area is 105 Å². The van der Waals surface area contributed by atoms with Crippen LogP contribution in [0.4, 0.5) is 11.4 Å². The lowest BCUT2D eigenvalue weighted by atomic mass is 9.85. The van der Waals surface area contributed by atoms with E-state index < -0.39 is 0 Å². The molecule has 0 bridgehead atoms. The average molecular weight is 281 g/mol. The minimum Gasteiger partial charge on any atom is -0.383 e. The SMILES string of the molecule is CC12CCCC1Nc1cc(Br)ccc1NC2. The average Bonchev–Trinajstić information content (AvgIpc) is 2.54. The van der Waals surface area contributed by atoms with Crippen LogP contribution < -0.4 is 10.6 Å². The Bertz CT molecular complexity index is 418. The molecular formula is C13H17BrN2. The maximum Gasteiger partial charge on any atom is 0.0589 e. The number of halogens is 1. The molecule has 1 saturated carbocycles. The van der Waals surface area contributed by atoms with Crippen molar-refractivity contribution in [2.75, 3.05) is 17.2 Å². The molecule has 16 heavy (non-hydrogen) atoms. The first-order valence-corrected chi connectivity index (χ1v) is 6.77. The summed E-state index contributed by atoms with van der Waals surface area (Å²) in [6.07, 6.45) is 3.97. The molecule has 0 radical (unpaired) electrons. The van der Waals surface area contributed by atoms with Crippen LogP contribution in [0.25, 0.3) is 0 Å². The van der Waals surface area contributed by atoms with Crippen LogP contribution in [0.5, 0.6) is 0 Å². The number of fused-ring (bicyclic) bond motifs is 2. The molecule has 1 aliphatic carbocycles. The van der Waals surface area contributed by atoms with Crippen molar-refractivity contribution in [3.05, 3.63) is 22.7 Å². The van der Waals surface area contributed by atoms with Gasteiger partial charge < -0.3 is 10.6 Å². The highest BCUT2D eigenvalue weighted by molar-refractivity contribution is 9.10. The molecule has 0 aromatic heterocycles. The number of rotatable bonds is 0. The van der Waals surface area contributed by atoms with Crippen molar-refractivity contribution in [2.24, 2.45) is 5.41 Å². The Balaban J connectivity index is 1.98. The molecule has 0 amide bonds. The molecule has 1 aliphatic heterocycles. The van der Waals surface area contributed by atoms with Crippen LogP contribution in [0.15, 0.2) is 22.7 Å². The van der Waals surface area contributed by atoms with Crippen LogP contribution >= 0.6 is 15.9 Å². The monoisotopic (exact) mass is 280 g/mol. The molecule has 2 nitrogen and oxygen atoms in total. The summed E-state index contributed by atoms with van der Waals surface area (Å²) in [5, 5.41) is 7.29. The summed E-state index contributed by atoms with van der Waals surface area (Å²) in [7, 11) is 0. The molecule has 1 fully saturated rings. The van der Waals surface area contributed by atoms with Crippen molar-refractivity contribution in [2.45, 2.75) is 32.2 Å². The van der Waals surface area contributed by atoms with E-state index in [9.17, 15) is 0 Å². The van der Waals surface area contributed by atoms with Crippen molar-refractivity contribution in [1.29, 1.82) is 0 Å². The summed E-state index contributed by atoms with van der Waals surface area (Å²) in [4.78, 5) is 0. The first-order chi connectivity index (χ1) is 7.67. The molecule has 2 aliphatic rings. The highest BCUT2D eigenvalue weighted by atomic mass is 79.9. The van der Waals surface area contributed by atoms with Crippen LogP contribution in [-0.4, -0.2) is 12.6 Å². The van der Waals surface area contributed by atoms with Gasteiger partial charge in [-0.05, 0) is 31.0 Å². The molecule has 1 heterocycles. The maximum absolute atomic E-state index is 3.71. The maximum atomic E-state index is 3.71. The lowest BCUT2D eigenvalue weighted by molar-refractivity contribution is 0.335. The summed E-state index contributed by atoms with van der Waals surface area (Å²) in [5.41, 5.74) is 2.88. The summed E-state index contributed by atoms with van der Waals surface area (Å²) in [5.74, 6) is 0. The van der Waals surface area contributed by atoms with E-state index in [0.717, 1.165) is 11.0 Å². The Morgan fingerprint density at radius 1 is 1.38 bits per heavy atom. The normalized spacial score (nSPS) is 32.0. The highest BCUT2D eigenvalue weighted by Gasteiger charge is 2.40. The number of hydrogen-bond acceptors (Lipinski definition) is 2. The van der Waals surface area contributed by atoms with E-state index in [1.54, 1.807) is 0 Å². The Hall–Kier alpha value is -0.700. The van der Waals surface area contributed by atoms with Crippen molar-refractivity contribution in [1.82, 2.24) is 0 Å². The van der Waals surface area contributed by atoms with Gasteiger partial charge in [-0.3, -0.25) is 0 Å². The first kappa shape index (κ1) is 10.5. The summed E-state index contributed by atoms with van der Waals surface area (Å²) in [6.45, 7) is 3.48. The quantitative estimate of drug-likeness (QED) is 0.755. The smallest absolute Gasteiger partial charge is 0.0589 e. The van der Waals surface area contributed by atoms with E-state index in [1.165, 1.54) is 30.6 Å². The number of anilines is 2. The summed E-state index contributed by atoms with van der Waals surface area (Å²) in [6, 6.07) is 7.04. The molecule has 1 aromatic carbocycles. The van der Waals surface area contributed by atoms with Gasteiger partial charge in [0.2, 0.25) is 0 Å². The van der Waals surface area contributed by atoms with E-state index in [2.05, 4.69) is 51.7 Å². The fraction of sp³-hybridized carbons (Fsp3) is 0.538. The Kier molecular flexibility index (Phi) is 2.39. The van der Waals surface area contributed by atoms with Gasteiger partial charge in [-0.2, -0.15) is 0 Å². The fourth-order valence-electron chi connectivity index (χ4n) is 2.97. The van der Waals surface area contributed by atoms with Crippen LogP contribution in [0.2, 0.25) is 0 Å². The van der Waals surface area contributed by atoms with Crippen LogP contribution in [-0.2, 0) is 0 Å². The van der Waals surface area contributed by atoms with Gasteiger partial charge in [0.1, 0.15) is 0 Å². The molecule has 2 unspecified atom stereocenters. The van der Waals surface area contributed by atoms with Crippen LogP contribution in [0, 0.1) is 5.41 Å². The zero-order valence-corrected chi connectivity index (χ0v) is 11.1. The minimum absolute atomic E-state index is 0.408. The summed E-state index contributed by atoms with van der Waals surface area (Å²) < 4.78 is 1.14. The second kappa shape index (κ2) is 3.66. The van der Waals surface area contributed by atoms with Crippen LogP contribution in [0.3, 0.4) is 0 Å². The zero-order valence-electron chi connectivity index (χ0n) is 9.52. The Morgan fingerprint density at radius 3 is 3.12 bits per heavy atom. The van der Waals surface area contributed by atoms with Crippen molar-refractivity contribution < 1.29 is 0 Å². The predicted octanol–water partition coefficient (Wildman–Crippen LogP) is 3.85. The number of nitrogens with one attached hydrogen (secondary N) is 2. The molecule has 86 valence electrons. The van der Waals surface area contributed by atoms with Gasteiger partial charge in [-0.25, -0.2) is 0 Å². The first-order valence-electron chi connectivity index (χ1n) is 5.97. The molecule has 3 rings (SSSR count). The molecule has 2 N–H and O–H groups in total. The number of benzene rings is 1. The standard InChI is InChI=1S/C13H17BrN2/c1-13-6-2-3-12(13)16-11-7-9(14)4-5-10(11)15-8-13/h4-5,7,12,15-16H,2-3,6,8H2,1H3. The molecule has 3 heteroatoms. The molecule has 1 aromatic rings. The van der Waals surface area contributed by atoms with Gasteiger partial charge in [-0.15, -0.1) is 0 Å². The Morgan fingerprint density at radius 2 is 2.25 bits per heavy atom. The van der Waals surface area contributed by atoms with Gasteiger partial charge in [-0.1, -0.05) is 29.3 Å². The molecule has 2 atom stereocenters. The highest BCUT2D eigenvalue weighted by Crippen LogP contribution is 2.43. The number of hydrogen-bond donors (Lipinski definition) is 2. The molecule has 0 saturated heterocycles. The third-order valence-corrected chi connectivity index (χ3v) is 4.57. The van der Waals surface area contributed by atoms with Gasteiger partial charge in [0, 0.05) is 22.5 Å². The van der Waals surface area contributed by atoms with Crippen molar-refractivity contribution >= 4 is 27.3 Å². The molecular weight excluding hydrogens is 264 g/mol. The van der Waals surface area contributed by atoms with Gasteiger partial charge in [0.25, 0.3) is 0 Å². The van der Waals surface area contributed by atoms with E-state index >= 15 is 0 Å². The lowest BCUT2D eigenvalue weighted by Gasteiger charge is -2.29. The summed E-state index contributed by atoms with van der Waals surface area (Å²) >= 11 is 3.53. The van der Waals surface area contributed by atoms with Gasteiger partial charge >= 0.3 is 0 Å². The second-order valence-electron chi connectivity index (χ2n) is 5.29. The largest absolute Gasteiger partial charge is 0.383 e. The van der Waals surface area contributed by atoms with E-state index in [-0.39, 0.29) is 0 Å². The van der Waals surface area contributed by atoms with E-state index in [1.807, 2.05) is 0 Å². The van der Waals surface area contributed by atoms with Crippen molar-refractivity contribution in [3.63, 3.8) is 0 Å². The molecule has 0 spiro atoms. The third-order valence-electron chi connectivity index (χ3n) is 4.08. The van der Waals surface area contributed by atoms with Gasteiger partial charge in [0.05, 0.1) is 11.4 Å². The predicted molar refractivity (Wildman–Crippen MR) is 72.0 cm³/mol. The minimum atomic E-state index is 0.408. The van der Waals surface area contributed by atoms with E-state index in [0.29, 0.717) is 11.5 Å². The van der Waals surface area contributed by atoms with Gasteiger partial charge in [0.15, 0.2) is 0 Å². The fourth-order valence-corrected chi connectivity index (χ4v) is 3.33. The topological polar surface area (TPSA) is 24.1 Å².